The first kappa shape index (κ1) is 13.0. The zero-order valence-corrected chi connectivity index (χ0v) is 12.7. The number of hydrogen-bond donors (Lipinski definition) is 0. The van der Waals surface area contributed by atoms with Crippen LogP contribution in [0.3, 0.4) is 0 Å². The molecule has 1 aromatic carbocycles. The lowest BCUT2D eigenvalue weighted by Gasteiger charge is -2.31. The second-order valence-corrected chi connectivity index (χ2v) is 6.80. The summed E-state index contributed by atoms with van der Waals surface area (Å²) in [5.41, 5.74) is 0. The molecule has 0 spiro atoms. The van der Waals surface area contributed by atoms with E-state index in [9.17, 15) is 0 Å². The minimum atomic E-state index is 0.520. The zero-order valence-electron chi connectivity index (χ0n) is 11.9. The van der Waals surface area contributed by atoms with Gasteiger partial charge in [-0.2, -0.15) is 5.10 Å². The Bertz CT molecular complexity index is 678. The van der Waals surface area contributed by atoms with Crippen LogP contribution in [0.1, 0.15) is 23.8 Å². The van der Waals surface area contributed by atoms with Crippen LogP contribution in [0, 0.1) is 0 Å². The van der Waals surface area contributed by atoms with Crippen molar-refractivity contribution in [1.82, 2.24) is 19.7 Å². The van der Waals surface area contributed by atoms with Crippen LogP contribution >= 0.6 is 11.3 Å². The monoisotopic (exact) mass is 298 g/mol. The molecular weight excluding hydrogens is 280 g/mol. The molecule has 3 heterocycles. The molecule has 0 radical (unpaired) electrons. The van der Waals surface area contributed by atoms with Crippen LogP contribution in [0.15, 0.2) is 43.0 Å². The molecule has 5 heteroatoms. The fourth-order valence-electron chi connectivity index (χ4n) is 3.08. The van der Waals surface area contributed by atoms with Crippen molar-refractivity contribution in [3.63, 3.8) is 0 Å². The quantitative estimate of drug-likeness (QED) is 0.744. The van der Waals surface area contributed by atoms with Gasteiger partial charge in [0.2, 0.25) is 0 Å². The smallest absolute Gasteiger partial charge is 0.137 e. The van der Waals surface area contributed by atoms with Crippen molar-refractivity contribution in [3.05, 3.63) is 47.9 Å². The van der Waals surface area contributed by atoms with Gasteiger partial charge in [-0.05, 0) is 30.4 Å². The first-order valence-corrected chi connectivity index (χ1v) is 8.24. The number of benzene rings is 1. The Morgan fingerprint density at radius 3 is 2.81 bits per heavy atom. The molecule has 0 bridgehead atoms. The predicted molar refractivity (Wildman–Crippen MR) is 85.4 cm³/mol. The maximum absolute atomic E-state index is 4.27. The van der Waals surface area contributed by atoms with Crippen LogP contribution in [-0.2, 0) is 6.54 Å². The van der Waals surface area contributed by atoms with Crippen molar-refractivity contribution in [2.45, 2.75) is 25.4 Å². The van der Waals surface area contributed by atoms with Crippen molar-refractivity contribution in [1.29, 1.82) is 0 Å². The number of likely N-dealkylation sites (tertiary alicyclic amines) is 1. The molecule has 0 unspecified atom stereocenters. The van der Waals surface area contributed by atoms with Crippen LogP contribution in [0.2, 0.25) is 0 Å². The van der Waals surface area contributed by atoms with Gasteiger partial charge in [0.05, 0.1) is 6.04 Å². The molecular formula is C16H18N4S. The van der Waals surface area contributed by atoms with Gasteiger partial charge in [-0.1, -0.05) is 18.2 Å². The van der Waals surface area contributed by atoms with Crippen LogP contribution in [-0.4, -0.2) is 32.8 Å². The molecule has 1 fully saturated rings. The van der Waals surface area contributed by atoms with Gasteiger partial charge in [-0.3, -0.25) is 4.90 Å². The third kappa shape index (κ3) is 2.71. The lowest BCUT2D eigenvalue weighted by atomic mass is 10.1. The lowest BCUT2D eigenvalue weighted by molar-refractivity contribution is 0.174. The highest BCUT2D eigenvalue weighted by atomic mass is 32.1. The summed E-state index contributed by atoms with van der Waals surface area (Å²) in [5, 5.41) is 5.64. The lowest BCUT2D eigenvalue weighted by Crippen LogP contribution is -2.34. The van der Waals surface area contributed by atoms with E-state index < -0.39 is 0 Å². The van der Waals surface area contributed by atoms with E-state index in [2.05, 4.69) is 45.3 Å². The molecule has 0 saturated carbocycles. The van der Waals surface area contributed by atoms with E-state index in [1.807, 2.05) is 22.3 Å². The third-order valence-electron chi connectivity index (χ3n) is 4.22. The average Bonchev–Trinajstić information content (AvgIpc) is 3.17. The van der Waals surface area contributed by atoms with Crippen LogP contribution in [0.25, 0.3) is 10.1 Å². The normalized spacial score (nSPS) is 17.5. The molecule has 4 rings (SSSR count). The second kappa shape index (κ2) is 5.58. The third-order valence-corrected chi connectivity index (χ3v) is 5.32. The summed E-state index contributed by atoms with van der Waals surface area (Å²) in [6.07, 6.45) is 5.79. The van der Waals surface area contributed by atoms with Gasteiger partial charge < -0.3 is 0 Å². The molecule has 0 N–H and O–H groups in total. The fraction of sp³-hybridized carbons (Fsp3) is 0.375. The minimum Gasteiger partial charge on any atom is -0.298 e. The molecule has 108 valence electrons. The number of piperidine rings is 1. The summed E-state index contributed by atoms with van der Waals surface area (Å²) in [4.78, 5) is 8.07. The van der Waals surface area contributed by atoms with E-state index in [1.165, 1.54) is 15.0 Å². The Balaban J connectivity index is 1.40. The molecule has 0 aliphatic carbocycles. The molecule has 0 amide bonds. The topological polar surface area (TPSA) is 34.0 Å². The largest absolute Gasteiger partial charge is 0.298 e. The molecule has 0 atom stereocenters. The minimum absolute atomic E-state index is 0.520. The Kier molecular flexibility index (Phi) is 3.45. The first-order chi connectivity index (χ1) is 10.4. The summed E-state index contributed by atoms with van der Waals surface area (Å²) < 4.78 is 3.40. The summed E-state index contributed by atoms with van der Waals surface area (Å²) in [6, 6.07) is 11.5. The van der Waals surface area contributed by atoms with Gasteiger partial charge in [0.15, 0.2) is 0 Å². The first-order valence-electron chi connectivity index (χ1n) is 7.42. The number of aromatic nitrogens is 3. The Hall–Kier alpha value is -1.72. The van der Waals surface area contributed by atoms with E-state index in [0.717, 1.165) is 32.5 Å². The number of hydrogen-bond acceptors (Lipinski definition) is 4. The number of nitrogens with zero attached hydrogens (tertiary/aromatic N) is 4. The number of rotatable bonds is 3. The Labute approximate surface area is 128 Å². The van der Waals surface area contributed by atoms with Crippen LogP contribution in [0.4, 0.5) is 0 Å². The molecule has 1 aliphatic heterocycles. The maximum Gasteiger partial charge on any atom is 0.137 e. The summed E-state index contributed by atoms with van der Waals surface area (Å²) in [6.45, 7) is 3.35. The second-order valence-electron chi connectivity index (χ2n) is 5.63. The van der Waals surface area contributed by atoms with E-state index in [0.29, 0.717) is 6.04 Å². The molecule has 21 heavy (non-hydrogen) atoms. The van der Waals surface area contributed by atoms with Crippen LogP contribution in [0.5, 0.6) is 0 Å². The predicted octanol–water partition coefficient (Wildman–Crippen LogP) is 3.33. The molecule has 4 nitrogen and oxygen atoms in total. The van der Waals surface area contributed by atoms with Gasteiger partial charge in [0.25, 0.3) is 0 Å². The van der Waals surface area contributed by atoms with Crippen molar-refractivity contribution in [2.75, 3.05) is 13.1 Å². The van der Waals surface area contributed by atoms with E-state index >= 15 is 0 Å². The van der Waals surface area contributed by atoms with Gasteiger partial charge in [0, 0.05) is 29.2 Å². The zero-order chi connectivity index (χ0) is 14.1. The highest BCUT2D eigenvalue weighted by molar-refractivity contribution is 7.19. The fourth-order valence-corrected chi connectivity index (χ4v) is 4.19. The summed E-state index contributed by atoms with van der Waals surface area (Å²) in [7, 11) is 0. The van der Waals surface area contributed by atoms with Crippen LogP contribution < -0.4 is 0 Å². The van der Waals surface area contributed by atoms with Gasteiger partial charge in [0.1, 0.15) is 12.7 Å². The van der Waals surface area contributed by atoms with Crippen molar-refractivity contribution < 1.29 is 0 Å². The van der Waals surface area contributed by atoms with Crippen molar-refractivity contribution in [2.24, 2.45) is 0 Å². The number of fused-ring (bicyclic) bond motifs is 1. The Morgan fingerprint density at radius 2 is 2.05 bits per heavy atom. The molecule has 1 aliphatic rings. The summed E-state index contributed by atoms with van der Waals surface area (Å²) >= 11 is 1.92. The maximum atomic E-state index is 4.27. The highest BCUT2D eigenvalue weighted by Gasteiger charge is 2.21. The molecule has 2 aromatic heterocycles. The van der Waals surface area contributed by atoms with E-state index in [4.69, 9.17) is 0 Å². The Morgan fingerprint density at radius 1 is 1.19 bits per heavy atom. The van der Waals surface area contributed by atoms with Gasteiger partial charge >= 0.3 is 0 Å². The molecule has 3 aromatic rings. The SMILES string of the molecule is c1ccc2sc(CN3CCC(n4cncn4)CC3)cc2c1. The highest BCUT2D eigenvalue weighted by Crippen LogP contribution is 2.28. The van der Waals surface area contributed by atoms with Gasteiger partial charge in [-0.25, -0.2) is 9.67 Å². The standard InChI is InChI=1S/C16H18N4S/c1-2-4-16-13(3-1)9-15(21-16)10-19-7-5-14(6-8-19)20-12-17-11-18-20/h1-4,9,11-12,14H,5-8,10H2. The van der Waals surface area contributed by atoms with Crippen molar-refractivity contribution in [3.8, 4) is 0 Å². The number of thiophene rings is 1. The summed E-state index contributed by atoms with van der Waals surface area (Å²) in [5.74, 6) is 0. The van der Waals surface area contributed by atoms with E-state index in [1.54, 1.807) is 6.33 Å². The van der Waals surface area contributed by atoms with Gasteiger partial charge in [-0.15, -0.1) is 11.3 Å². The average molecular weight is 298 g/mol. The molecule has 1 saturated heterocycles. The van der Waals surface area contributed by atoms with E-state index in [-0.39, 0.29) is 0 Å². The van der Waals surface area contributed by atoms with Crippen molar-refractivity contribution >= 4 is 21.4 Å².